The number of non-ortho nitro benzene ring substituents is 1. The summed E-state index contributed by atoms with van der Waals surface area (Å²) in [6.07, 6.45) is 0. The summed E-state index contributed by atoms with van der Waals surface area (Å²) < 4.78 is 74.4. The fraction of sp³-hybridized carbons (Fsp3) is 0.0588. The molecule has 0 saturated heterocycles. The molecule has 0 spiro atoms. The van der Waals surface area contributed by atoms with E-state index in [0.717, 1.165) is 58.6 Å². The van der Waals surface area contributed by atoms with Gasteiger partial charge in [-0.1, -0.05) is 72.8 Å². The van der Waals surface area contributed by atoms with Crippen LogP contribution in [-0.2, 0) is 25.4 Å². The molecular weight excluding hydrogens is 702 g/mol. The molecule has 6 aromatic carbocycles. The van der Waals surface area contributed by atoms with Gasteiger partial charge in [-0.25, -0.2) is 25.6 Å². The number of benzene rings is 6. The van der Waals surface area contributed by atoms with Crippen LogP contribution in [-0.4, -0.2) is 31.9 Å². The van der Waals surface area contributed by atoms with Crippen molar-refractivity contribution in [3.8, 4) is 0 Å². The molecule has 0 aromatic heterocycles. The monoisotopic (exact) mass is 726 g/mol. The van der Waals surface area contributed by atoms with E-state index in [9.17, 15) is 45.8 Å². The van der Waals surface area contributed by atoms with Crippen molar-refractivity contribution in [3.05, 3.63) is 165 Å². The van der Waals surface area contributed by atoms with E-state index in [1.807, 2.05) is 24.3 Å². The molecular formula is C34H25ClF2N2O8S2. The molecule has 0 bridgehead atoms. The second-order valence-corrected chi connectivity index (χ2v) is 14.7. The molecule has 15 heteroatoms. The highest BCUT2D eigenvalue weighted by molar-refractivity contribution is 7.92. The Balaban J connectivity index is 0.000000184. The number of sulfone groups is 2. The molecule has 0 fully saturated rings. The van der Waals surface area contributed by atoms with Crippen molar-refractivity contribution in [1.29, 1.82) is 0 Å². The van der Waals surface area contributed by atoms with Gasteiger partial charge in [0.25, 0.3) is 11.4 Å². The maximum absolute atomic E-state index is 13.4. The van der Waals surface area contributed by atoms with Crippen LogP contribution in [0.3, 0.4) is 0 Å². The minimum Gasteiger partial charge on any atom is -0.258 e. The van der Waals surface area contributed by atoms with Gasteiger partial charge < -0.3 is 0 Å². The molecule has 0 aliphatic heterocycles. The quantitative estimate of drug-likeness (QED) is 0.0902. The van der Waals surface area contributed by atoms with Crippen LogP contribution in [0.4, 0.5) is 20.2 Å². The highest BCUT2D eigenvalue weighted by atomic mass is 35.5. The second kappa shape index (κ2) is 15.7. The smallest absolute Gasteiger partial charge is 0.258 e. The Morgan fingerprint density at radius 2 is 1.04 bits per heavy atom. The zero-order valence-corrected chi connectivity index (χ0v) is 27.5. The summed E-state index contributed by atoms with van der Waals surface area (Å²) in [5, 5.41) is 23.6. The lowest BCUT2D eigenvalue weighted by Crippen LogP contribution is -2.08. The van der Waals surface area contributed by atoms with E-state index in [1.54, 1.807) is 54.6 Å². The fourth-order valence-corrected chi connectivity index (χ4v) is 7.57. The molecule has 0 amide bonds. The van der Waals surface area contributed by atoms with Gasteiger partial charge in [-0.2, -0.15) is 0 Å². The normalized spacial score (nSPS) is 11.2. The maximum atomic E-state index is 13.4. The molecule has 49 heavy (non-hydrogen) atoms. The largest absolute Gasteiger partial charge is 0.273 e. The van der Waals surface area contributed by atoms with Gasteiger partial charge in [0.2, 0.25) is 0 Å². The number of alkyl halides is 1. The number of nitrogens with zero attached hydrogens (tertiary/aromatic N) is 2. The topological polar surface area (TPSA) is 155 Å². The number of hydrogen-bond acceptors (Lipinski definition) is 8. The predicted octanol–water partition coefficient (Wildman–Crippen LogP) is 8.40. The number of hydrogen-bond donors (Lipinski definition) is 0. The summed E-state index contributed by atoms with van der Waals surface area (Å²) in [7, 11) is -7.24. The Hall–Kier alpha value is -5.31. The van der Waals surface area contributed by atoms with Gasteiger partial charge in [0.15, 0.2) is 19.7 Å². The number of halogens is 3. The standard InChI is InChI=1S/C17H12FNO4S.C11H9ClO2S.C6H4FNO2/c18-14-8-9-16(19(20)21)13(10-14)11-24(22,23)17-7-3-5-12-4-1-2-6-15(12)17;12-8-15(13,14)11-7-3-5-9-4-1-2-6-10(9)11;7-5-1-3-6(4-2-5)8(9)10/h1-10H,11H2;1-7H,8H2;1-4H. The summed E-state index contributed by atoms with van der Waals surface area (Å²) in [5.74, 6) is -1.83. The number of nitro groups is 2. The van der Waals surface area contributed by atoms with Gasteiger partial charge >= 0.3 is 0 Å². The van der Waals surface area contributed by atoms with Crippen molar-refractivity contribution in [2.24, 2.45) is 0 Å². The number of nitro benzene ring substituents is 2. The second-order valence-electron chi connectivity index (χ2n) is 10.2. The van der Waals surface area contributed by atoms with E-state index >= 15 is 0 Å². The van der Waals surface area contributed by atoms with Gasteiger partial charge in [-0.15, -0.1) is 11.6 Å². The fourth-order valence-electron chi connectivity index (χ4n) is 4.69. The lowest BCUT2D eigenvalue weighted by atomic mass is 10.1. The van der Waals surface area contributed by atoms with Crippen molar-refractivity contribution >= 4 is 64.2 Å². The highest BCUT2D eigenvalue weighted by Gasteiger charge is 2.24. The summed E-state index contributed by atoms with van der Waals surface area (Å²) in [6, 6.07) is 31.5. The van der Waals surface area contributed by atoms with Crippen molar-refractivity contribution < 1.29 is 35.5 Å². The molecule has 0 aliphatic rings. The van der Waals surface area contributed by atoms with Crippen LogP contribution in [0.2, 0.25) is 0 Å². The Kier molecular flexibility index (Phi) is 11.7. The zero-order chi connectivity index (χ0) is 35.8. The Labute approximate surface area is 284 Å². The molecule has 0 radical (unpaired) electrons. The first-order valence-electron chi connectivity index (χ1n) is 14.0. The molecule has 0 aliphatic carbocycles. The first-order valence-corrected chi connectivity index (χ1v) is 17.9. The molecule has 6 rings (SSSR count). The third kappa shape index (κ3) is 9.19. The Morgan fingerprint density at radius 1 is 0.571 bits per heavy atom. The van der Waals surface area contributed by atoms with Crippen molar-refractivity contribution in [3.63, 3.8) is 0 Å². The van der Waals surface area contributed by atoms with E-state index in [1.165, 1.54) is 6.07 Å². The van der Waals surface area contributed by atoms with Crippen LogP contribution in [0, 0.1) is 31.9 Å². The van der Waals surface area contributed by atoms with Crippen LogP contribution in [0.1, 0.15) is 5.56 Å². The highest BCUT2D eigenvalue weighted by Crippen LogP contribution is 2.29. The van der Waals surface area contributed by atoms with E-state index in [2.05, 4.69) is 0 Å². The molecule has 0 atom stereocenters. The van der Waals surface area contributed by atoms with Crippen LogP contribution in [0.15, 0.2) is 137 Å². The summed E-state index contributed by atoms with van der Waals surface area (Å²) in [5.41, 5.74) is -0.686. The van der Waals surface area contributed by atoms with Crippen LogP contribution in [0.5, 0.6) is 0 Å². The molecule has 0 unspecified atom stereocenters. The number of rotatable bonds is 7. The minimum atomic E-state index is -3.88. The van der Waals surface area contributed by atoms with Crippen molar-refractivity contribution in [2.75, 3.05) is 5.21 Å². The molecule has 0 saturated carbocycles. The van der Waals surface area contributed by atoms with Gasteiger partial charge in [-0.3, -0.25) is 20.2 Å². The van der Waals surface area contributed by atoms with Gasteiger partial charge in [0.1, 0.15) is 16.8 Å². The van der Waals surface area contributed by atoms with E-state index in [4.69, 9.17) is 11.6 Å². The molecule has 6 aromatic rings. The third-order valence-corrected chi connectivity index (χ3v) is 10.8. The summed E-state index contributed by atoms with van der Waals surface area (Å²) in [6.45, 7) is 0. The van der Waals surface area contributed by atoms with Gasteiger partial charge in [-0.05, 0) is 47.2 Å². The van der Waals surface area contributed by atoms with Crippen molar-refractivity contribution in [1.82, 2.24) is 0 Å². The minimum absolute atomic E-state index is 0.0687. The SMILES string of the molecule is O=S(=O)(CCl)c1cccc2ccccc12.O=[N+]([O-])c1ccc(F)cc1.O=[N+]([O-])c1ccc(F)cc1CS(=O)(=O)c1cccc2ccccc12. The van der Waals surface area contributed by atoms with E-state index in [-0.39, 0.29) is 21.4 Å². The predicted molar refractivity (Wildman–Crippen MR) is 183 cm³/mol. The Morgan fingerprint density at radius 3 is 1.53 bits per heavy atom. The average molecular weight is 727 g/mol. The van der Waals surface area contributed by atoms with Crippen LogP contribution < -0.4 is 0 Å². The van der Waals surface area contributed by atoms with Crippen molar-refractivity contribution in [2.45, 2.75) is 15.5 Å². The zero-order valence-electron chi connectivity index (χ0n) is 25.1. The first-order chi connectivity index (χ1) is 23.2. The molecule has 252 valence electrons. The molecule has 0 heterocycles. The lowest BCUT2D eigenvalue weighted by molar-refractivity contribution is -0.385. The maximum Gasteiger partial charge on any atom is 0.273 e. The molecule has 10 nitrogen and oxygen atoms in total. The Bertz CT molecular complexity index is 2360. The third-order valence-electron chi connectivity index (χ3n) is 6.93. The van der Waals surface area contributed by atoms with Crippen LogP contribution in [0.25, 0.3) is 21.5 Å². The lowest BCUT2D eigenvalue weighted by Gasteiger charge is -2.09. The van der Waals surface area contributed by atoms with E-state index in [0.29, 0.717) is 10.3 Å². The first kappa shape index (κ1) is 36.5. The van der Waals surface area contributed by atoms with Crippen LogP contribution >= 0.6 is 11.6 Å². The van der Waals surface area contributed by atoms with Gasteiger partial charge in [0, 0.05) is 34.5 Å². The summed E-state index contributed by atoms with van der Waals surface area (Å²) >= 11 is 5.44. The van der Waals surface area contributed by atoms with E-state index < -0.39 is 52.6 Å². The molecule has 0 N–H and O–H groups in total. The summed E-state index contributed by atoms with van der Waals surface area (Å²) in [4.78, 5) is 20.1. The van der Waals surface area contributed by atoms with Gasteiger partial charge in [0.05, 0.1) is 25.4 Å². The number of fused-ring (bicyclic) bond motifs is 2. The average Bonchev–Trinajstić information content (AvgIpc) is 3.08.